The third-order valence-electron chi connectivity index (χ3n) is 2.68. The van der Waals surface area contributed by atoms with E-state index in [0.717, 1.165) is 35.2 Å². The Labute approximate surface area is 109 Å². The number of nitrogens with zero attached hydrogens (tertiary/aromatic N) is 3. The number of thiazole rings is 1. The van der Waals surface area contributed by atoms with Crippen LogP contribution in [0.4, 0.5) is 5.13 Å². The molecular formula is C11H16N4S2. The van der Waals surface area contributed by atoms with Crippen molar-refractivity contribution in [2.45, 2.75) is 39.2 Å². The van der Waals surface area contributed by atoms with Crippen LogP contribution in [-0.2, 0) is 6.54 Å². The Kier molecular flexibility index (Phi) is 4.44. The molecule has 0 aliphatic heterocycles. The molecule has 0 saturated heterocycles. The highest BCUT2D eigenvalue weighted by Gasteiger charge is 2.12. The largest absolute Gasteiger partial charge is 0.354 e. The summed E-state index contributed by atoms with van der Waals surface area (Å²) in [5.41, 5.74) is 2.89. The highest BCUT2D eigenvalue weighted by atomic mass is 32.1. The van der Waals surface area contributed by atoms with Gasteiger partial charge in [0.05, 0.1) is 17.7 Å². The van der Waals surface area contributed by atoms with Gasteiger partial charge in [-0.1, -0.05) is 25.2 Å². The highest BCUT2D eigenvalue weighted by molar-refractivity contribution is 7.15. The zero-order valence-corrected chi connectivity index (χ0v) is 11.6. The van der Waals surface area contributed by atoms with Crippen molar-refractivity contribution in [3.63, 3.8) is 0 Å². The first kappa shape index (κ1) is 12.4. The molecule has 17 heavy (non-hydrogen) atoms. The van der Waals surface area contributed by atoms with Gasteiger partial charge in [0.25, 0.3) is 0 Å². The second kappa shape index (κ2) is 6.07. The second-order valence-corrected chi connectivity index (χ2v) is 5.52. The summed E-state index contributed by atoms with van der Waals surface area (Å²) in [6.07, 6.45) is 2.24. The summed E-state index contributed by atoms with van der Waals surface area (Å²) >= 11 is 3.26. The maximum absolute atomic E-state index is 4.25. The van der Waals surface area contributed by atoms with Crippen LogP contribution in [0, 0.1) is 0 Å². The molecule has 0 atom stereocenters. The average molecular weight is 268 g/mol. The van der Waals surface area contributed by atoms with Gasteiger partial charge in [-0.15, -0.1) is 21.5 Å². The van der Waals surface area contributed by atoms with E-state index >= 15 is 0 Å². The first-order valence-corrected chi connectivity index (χ1v) is 7.53. The van der Waals surface area contributed by atoms with E-state index in [0.29, 0.717) is 5.92 Å². The lowest BCUT2D eigenvalue weighted by Crippen LogP contribution is -1.98. The minimum atomic E-state index is 0.544. The van der Waals surface area contributed by atoms with Gasteiger partial charge in [-0.05, 0) is 12.8 Å². The fraction of sp³-hybridized carbons (Fsp3) is 0.545. The topological polar surface area (TPSA) is 50.7 Å². The Morgan fingerprint density at radius 1 is 1.29 bits per heavy atom. The van der Waals surface area contributed by atoms with Crippen molar-refractivity contribution >= 4 is 27.8 Å². The van der Waals surface area contributed by atoms with Crippen molar-refractivity contribution in [2.24, 2.45) is 0 Å². The quantitative estimate of drug-likeness (QED) is 0.871. The molecule has 0 aliphatic rings. The van der Waals surface area contributed by atoms with Gasteiger partial charge in [-0.2, -0.15) is 0 Å². The maximum atomic E-state index is 4.25. The van der Waals surface area contributed by atoms with E-state index in [4.69, 9.17) is 0 Å². The third kappa shape index (κ3) is 3.23. The molecule has 0 aromatic carbocycles. The first-order valence-electron chi connectivity index (χ1n) is 5.77. The van der Waals surface area contributed by atoms with Crippen LogP contribution in [0.15, 0.2) is 10.9 Å². The molecule has 4 nitrogen and oxygen atoms in total. The summed E-state index contributed by atoms with van der Waals surface area (Å²) in [6, 6.07) is 0. The van der Waals surface area contributed by atoms with Gasteiger partial charge in [0.15, 0.2) is 0 Å². The van der Waals surface area contributed by atoms with Gasteiger partial charge >= 0.3 is 0 Å². The molecule has 0 radical (unpaired) electrons. The molecule has 6 heteroatoms. The van der Waals surface area contributed by atoms with Crippen LogP contribution >= 0.6 is 22.7 Å². The van der Waals surface area contributed by atoms with Crippen molar-refractivity contribution in [3.8, 4) is 0 Å². The molecule has 1 N–H and O–H groups in total. The van der Waals surface area contributed by atoms with Gasteiger partial charge in [-0.3, -0.25) is 0 Å². The van der Waals surface area contributed by atoms with E-state index in [1.807, 2.05) is 10.9 Å². The molecule has 2 aromatic heterocycles. The second-order valence-electron chi connectivity index (χ2n) is 3.79. The maximum Gasteiger partial charge on any atom is 0.206 e. The average Bonchev–Trinajstić information content (AvgIpc) is 2.99. The molecule has 92 valence electrons. The number of hydrogen-bond acceptors (Lipinski definition) is 6. The van der Waals surface area contributed by atoms with Crippen LogP contribution < -0.4 is 5.32 Å². The number of aromatic nitrogens is 3. The Morgan fingerprint density at radius 3 is 2.76 bits per heavy atom. The van der Waals surface area contributed by atoms with Crippen LogP contribution in [0.2, 0.25) is 0 Å². The van der Waals surface area contributed by atoms with Gasteiger partial charge in [0.2, 0.25) is 5.13 Å². The minimum Gasteiger partial charge on any atom is -0.354 e. The summed E-state index contributed by atoms with van der Waals surface area (Å²) in [7, 11) is 0. The SMILES string of the molecule is CCC(CC)c1nnc(NCc2cscn2)s1. The Balaban J connectivity index is 1.94. The lowest BCUT2D eigenvalue weighted by molar-refractivity contribution is 0.630. The van der Waals surface area contributed by atoms with Crippen LogP contribution in [0.5, 0.6) is 0 Å². The molecule has 0 unspecified atom stereocenters. The first-order chi connectivity index (χ1) is 8.33. The molecule has 0 fully saturated rings. The standard InChI is InChI=1S/C11H16N4S2/c1-3-8(4-2)10-14-15-11(17-10)12-5-9-6-16-7-13-9/h6-8H,3-5H2,1-2H3,(H,12,15). The fourth-order valence-corrected chi connectivity index (χ4v) is 3.16. The fourth-order valence-electron chi connectivity index (χ4n) is 1.60. The van der Waals surface area contributed by atoms with E-state index in [1.165, 1.54) is 0 Å². The summed E-state index contributed by atoms with van der Waals surface area (Å²) in [5, 5.41) is 15.7. The molecule has 0 bridgehead atoms. The van der Waals surface area contributed by atoms with Crippen molar-refractivity contribution < 1.29 is 0 Å². The van der Waals surface area contributed by atoms with Gasteiger partial charge in [0, 0.05) is 11.3 Å². The van der Waals surface area contributed by atoms with Crippen LogP contribution in [0.1, 0.15) is 43.3 Å². The van der Waals surface area contributed by atoms with Crippen LogP contribution in [0.25, 0.3) is 0 Å². The van der Waals surface area contributed by atoms with Gasteiger partial charge in [-0.25, -0.2) is 4.98 Å². The van der Waals surface area contributed by atoms with E-state index in [2.05, 4.69) is 34.3 Å². The number of hydrogen-bond donors (Lipinski definition) is 1. The van der Waals surface area contributed by atoms with E-state index in [9.17, 15) is 0 Å². The predicted molar refractivity (Wildman–Crippen MR) is 72.7 cm³/mol. The molecule has 2 heterocycles. The highest BCUT2D eigenvalue weighted by Crippen LogP contribution is 2.28. The number of anilines is 1. The van der Waals surface area contributed by atoms with Crippen molar-refractivity contribution in [3.05, 3.63) is 21.6 Å². The van der Waals surface area contributed by atoms with Crippen molar-refractivity contribution in [1.82, 2.24) is 15.2 Å². The summed E-state index contributed by atoms with van der Waals surface area (Å²) in [5.74, 6) is 0.544. The molecule has 0 saturated carbocycles. The Hall–Kier alpha value is -1.01. The lowest BCUT2D eigenvalue weighted by Gasteiger charge is -2.05. The normalized spacial score (nSPS) is 11.0. The van der Waals surface area contributed by atoms with E-state index in [-0.39, 0.29) is 0 Å². The number of nitrogens with one attached hydrogen (secondary N) is 1. The molecule has 2 rings (SSSR count). The minimum absolute atomic E-state index is 0.544. The molecule has 2 aromatic rings. The summed E-state index contributed by atoms with van der Waals surface area (Å²) < 4.78 is 0. The van der Waals surface area contributed by atoms with E-state index in [1.54, 1.807) is 22.7 Å². The summed E-state index contributed by atoms with van der Waals surface area (Å²) in [4.78, 5) is 4.22. The number of rotatable bonds is 6. The van der Waals surface area contributed by atoms with Crippen LogP contribution in [0.3, 0.4) is 0 Å². The predicted octanol–water partition coefficient (Wildman–Crippen LogP) is 3.51. The van der Waals surface area contributed by atoms with E-state index < -0.39 is 0 Å². The smallest absolute Gasteiger partial charge is 0.206 e. The molecular weight excluding hydrogens is 252 g/mol. The lowest BCUT2D eigenvalue weighted by atomic mass is 10.1. The Bertz CT molecular complexity index is 434. The van der Waals surface area contributed by atoms with Gasteiger partial charge in [0.1, 0.15) is 5.01 Å². The molecule has 0 aliphatic carbocycles. The van der Waals surface area contributed by atoms with Crippen molar-refractivity contribution in [2.75, 3.05) is 5.32 Å². The zero-order valence-electron chi connectivity index (χ0n) is 10.0. The zero-order chi connectivity index (χ0) is 12.1. The van der Waals surface area contributed by atoms with Crippen molar-refractivity contribution in [1.29, 1.82) is 0 Å². The Morgan fingerprint density at radius 2 is 2.12 bits per heavy atom. The monoisotopic (exact) mass is 268 g/mol. The van der Waals surface area contributed by atoms with Gasteiger partial charge < -0.3 is 5.32 Å². The molecule has 0 spiro atoms. The van der Waals surface area contributed by atoms with Crippen LogP contribution in [-0.4, -0.2) is 15.2 Å². The summed E-state index contributed by atoms with van der Waals surface area (Å²) in [6.45, 7) is 5.11. The molecule has 0 amide bonds. The third-order valence-corrected chi connectivity index (χ3v) is 4.36.